The van der Waals surface area contributed by atoms with Crippen LogP contribution in [0.15, 0.2) is 23.8 Å². The van der Waals surface area contributed by atoms with E-state index >= 15 is 0 Å². The van der Waals surface area contributed by atoms with Gasteiger partial charge in [-0.2, -0.15) is 0 Å². The minimum Gasteiger partial charge on any atom is -0.339 e. The van der Waals surface area contributed by atoms with Crippen molar-refractivity contribution in [3.63, 3.8) is 0 Å². The standard InChI is InChI=1S/C13H20FNO/c1-10(2)11-4-6-12(7-5-11)13(16)15(3)9-8-14/h4,6-7,10-11H,5,8-9H2,1-3H3. The molecule has 0 aromatic heterocycles. The van der Waals surface area contributed by atoms with Crippen molar-refractivity contribution >= 4 is 5.91 Å². The van der Waals surface area contributed by atoms with E-state index in [1.54, 1.807) is 7.05 Å². The van der Waals surface area contributed by atoms with Gasteiger partial charge in [0.25, 0.3) is 5.91 Å². The second kappa shape index (κ2) is 5.83. The maximum absolute atomic E-state index is 12.1. The molecule has 1 atom stereocenters. The predicted octanol–water partition coefficient (Wildman–Crippen LogP) is 2.57. The first-order valence-electron chi connectivity index (χ1n) is 5.76. The average molecular weight is 225 g/mol. The van der Waals surface area contributed by atoms with Gasteiger partial charge in [-0.1, -0.05) is 32.1 Å². The number of carbonyl (C=O) groups excluding carboxylic acids is 1. The summed E-state index contributed by atoms with van der Waals surface area (Å²) >= 11 is 0. The lowest BCUT2D eigenvalue weighted by Crippen LogP contribution is -2.30. The monoisotopic (exact) mass is 225 g/mol. The average Bonchev–Trinajstić information content (AvgIpc) is 2.28. The Balaban J connectivity index is 2.58. The number of nitrogens with zero attached hydrogens (tertiary/aromatic N) is 1. The van der Waals surface area contributed by atoms with Crippen molar-refractivity contribution in [2.75, 3.05) is 20.3 Å². The highest BCUT2D eigenvalue weighted by atomic mass is 19.1. The molecule has 0 saturated carbocycles. The van der Waals surface area contributed by atoms with Crippen LogP contribution in [0, 0.1) is 11.8 Å². The summed E-state index contributed by atoms with van der Waals surface area (Å²) in [5.74, 6) is 1.02. The van der Waals surface area contributed by atoms with Crippen LogP contribution >= 0.6 is 0 Å². The zero-order valence-electron chi connectivity index (χ0n) is 10.2. The highest BCUT2D eigenvalue weighted by molar-refractivity contribution is 5.96. The van der Waals surface area contributed by atoms with Crippen LogP contribution in [-0.4, -0.2) is 31.1 Å². The zero-order valence-corrected chi connectivity index (χ0v) is 10.2. The molecular weight excluding hydrogens is 205 g/mol. The molecule has 0 aromatic carbocycles. The Hall–Kier alpha value is -1.12. The second-order valence-electron chi connectivity index (χ2n) is 4.58. The number of likely N-dealkylation sites (N-methyl/N-ethyl adjacent to an activating group) is 1. The molecule has 16 heavy (non-hydrogen) atoms. The van der Waals surface area contributed by atoms with Crippen molar-refractivity contribution in [3.8, 4) is 0 Å². The Labute approximate surface area is 96.8 Å². The molecule has 1 rings (SSSR count). The van der Waals surface area contributed by atoms with Crippen LogP contribution in [0.2, 0.25) is 0 Å². The lowest BCUT2D eigenvalue weighted by molar-refractivity contribution is -0.125. The number of carbonyl (C=O) groups is 1. The molecule has 1 aliphatic rings. The Morgan fingerprint density at radius 3 is 2.75 bits per heavy atom. The molecule has 0 fully saturated rings. The van der Waals surface area contributed by atoms with Crippen molar-refractivity contribution in [2.24, 2.45) is 11.8 Å². The van der Waals surface area contributed by atoms with Gasteiger partial charge in [0.2, 0.25) is 0 Å². The number of amides is 1. The summed E-state index contributed by atoms with van der Waals surface area (Å²) in [6, 6.07) is 0. The minimum atomic E-state index is -0.492. The molecule has 0 aromatic rings. The first-order valence-corrected chi connectivity index (χ1v) is 5.76. The van der Waals surface area contributed by atoms with Crippen LogP contribution in [-0.2, 0) is 4.79 Å². The Morgan fingerprint density at radius 2 is 2.31 bits per heavy atom. The summed E-state index contributed by atoms with van der Waals surface area (Å²) in [5.41, 5.74) is 0.688. The summed E-state index contributed by atoms with van der Waals surface area (Å²) in [4.78, 5) is 13.2. The van der Waals surface area contributed by atoms with Crippen LogP contribution in [0.3, 0.4) is 0 Å². The van der Waals surface area contributed by atoms with Gasteiger partial charge in [0.15, 0.2) is 0 Å². The molecule has 1 aliphatic carbocycles. The Bertz CT molecular complexity index is 307. The van der Waals surface area contributed by atoms with Crippen molar-refractivity contribution < 1.29 is 9.18 Å². The van der Waals surface area contributed by atoms with Crippen LogP contribution in [0.25, 0.3) is 0 Å². The van der Waals surface area contributed by atoms with Gasteiger partial charge in [-0.15, -0.1) is 0 Å². The second-order valence-corrected chi connectivity index (χ2v) is 4.58. The van der Waals surface area contributed by atoms with Gasteiger partial charge in [0.1, 0.15) is 6.67 Å². The smallest absolute Gasteiger partial charge is 0.253 e. The highest BCUT2D eigenvalue weighted by Gasteiger charge is 2.18. The maximum Gasteiger partial charge on any atom is 0.253 e. The van der Waals surface area contributed by atoms with Crippen LogP contribution in [0.1, 0.15) is 20.3 Å². The largest absolute Gasteiger partial charge is 0.339 e. The fourth-order valence-electron chi connectivity index (χ4n) is 1.74. The van der Waals surface area contributed by atoms with E-state index in [0.29, 0.717) is 17.4 Å². The topological polar surface area (TPSA) is 20.3 Å². The molecule has 3 heteroatoms. The van der Waals surface area contributed by atoms with Gasteiger partial charge in [-0.25, -0.2) is 4.39 Å². The van der Waals surface area contributed by atoms with Gasteiger partial charge < -0.3 is 4.90 Å². The van der Waals surface area contributed by atoms with Gasteiger partial charge in [-0.05, 0) is 18.3 Å². The fourth-order valence-corrected chi connectivity index (χ4v) is 1.74. The first kappa shape index (κ1) is 12.9. The number of halogens is 1. The summed E-state index contributed by atoms with van der Waals surface area (Å²) < 4.78 is 12.1. The normalized spacial score (nSPS) is 19.8. The zero-order chi connectivity index (χ0) is 12.1. The lowest BCUT2D eigenvalue weighted by atomic mass is 9.87. The van der Waals surface area contributed by atoms with Gasteiger partial charge in [0.05, 0.1) is 0 Å². The molecule has 0 heterocycles. The van der Waals surface area contributed by atoms with Crippen molar-refractivity contribution in [2.45, 2.75) is 20.3 Å². The minimum absolute atomic E-state index is 0.0869. The number of allylic oxidation sites excluding steroid dienone is 2. The van der Waals surface area contributed by atoms with E-state index in [2.05, 4.69) is 19.9 Å². The first-order chi connectivity index (χ1) is 7.56. The number of hydrogen-bond donors (Lipinski definition) is 0. The molecule has 0 bridgehead atoms. The fraction of sp³-hybridized carbons (Fsp3) is 0.615. The van der Waals surface area contributed by atoms with E-state index in [4.69, 9.17) is 0 Å². The van der Waals surface area contributed by atoms with Crippen LogP contribution in [0.5, 0.6) is 0 Å². The molecular formula is C13H20FNO. The number of rotatable bonds is 4. The summed E-state index contributed by atoms with van der Waals surface area (Å²) in [6.45, 7) is 4.02. The van der Waals surface area contributed by atoms with Gasteiger partial charge >= 0.3 is 0 Å². The third-order valence-electron chi connectivity index (χ3n) is 3.00. The Morgan fingerprint density at radius 1 is 1.62 bits per heavy atom. The molecule has 0 spiro atoms. The quantitative estimate of drug-likeness (QED) is 0.720. The summed E-state index contributed by atoms with van der Waals surface area (Å²) in [5, 5.41) is 0. The van der Waals surface area contributed by atoms with E-state index in [1.165, 1.54) is 4.90 Å². The molecule has 90 valence electrons. The molecule has 0 N–H and O–H groups in total. The van der Waals surface area contributed by atoms with Gasteiger partial charge in [0, 0.05) is 19.2 Å². The maximum atomic E-state index is 12.1. The molecule has 0 saturated heterocycles. The molecule has 1 unspecified atom stereocenters. The molecule has 0 aliphatic heterocycles. The van der Waals surface area contributed by atoms with Crippen molar-refractivity contribution in [1.29, 1.82) is 0 Å². The lowest BCUT2D eigenvalue weighted by Gasteiger charge is -2.21. The van der Waals surface area contributed by atoms with E-state index in [9.17, 15) is 9.18 Å². The molecule has 0 radical (unpaired) electrons. The third-order valence-corrected chi connectivity index (χ3v) is 3.00. The summed E-state index contributed by atoms with van der Waals surface area (Å²) in [7, 11) is 1.63. The predicted molar refractivity (Wildman–Crippen MR) is 63.8 cm³/mol. The van der Waals surface area contributed by atoms with Crippen molar-refractivity contribution in [1.82, 2.24) is 4.90 Å². The molecule has 2 nitrogen and oxygen atoms in total. The van der Waals surface area contributed by atoms with Crippen molar-refractivity contribution in [3.05, 3.63) is 23.8 Å². The SMILES string of the molecule is CC(C)C1C=CC(C(=O)N(C)CCF)=CC1. The van der Waals surface area contributed by atoms with E-state index in [-0.39, 0.29) is 12.5 Å². The number of alkyl halides is 1. The van der Waals surface area contributed by atoms with Gasteiger partial charge in [-0.3, -0.25) is 4.79 Å². The van der Waals surface area contributed by atoms with Crippen LogP contribution in [0.4, 0.5) is 4.39 Å². The highest BCUT2D eigenvalue weighted by Crippen LogP contribution is 2.23. The van der Waals surface area contributed by atoms with E-state index in [0.717, 1.165) is 6.42 Å². The van der Waals surface area contributed by atoms with E-state index in [1.807, 2.05) is 12.2 Å². The third kappa shape index (κ3) is 3.19. The molecule has 1 amide bonds. The van der Waals surface area contributed by atoms with Crippen LogP contribution < -0.4 is 0 Å². The van der Waals surface area contributed by atoms with E-state index < -0.39 is 6.67 Å². The number of hydrogen-bond acceptors (Lipinski definition) is 1. The Kier molecular flexibility index (Phi) is 4.71. The summed E-state index contributed by atoms with van der Waals surface area (Å²) in [6.07, 6.45) is 6.81.